The summed E-state index contributed by atoms with van der Waals surface area (Å²) in [7, 11) is 0. The van der Waals surface area contributed by atoms with Gasteiger partial charge in [0.2, 0.25) is 5.91 Å². The van der Waals surface area contributed by atoms with Crippen molar-refractivity contribution >= 4 is 5.91 Å². The van der Waals surface area contributed by atoms with E-state index in [9.17, 15) is 4.79 Å². The van der Waals surface area contributed by atoms with E-state index < -0.39 is 0 Å². The van der Waals surface area contributed by atoms with E-state index in [1.807, 2.05) is 13.8 Å². The summed E-state index contributed by atoms with van der Waals surface area (Å²) in [5.74, 6) is 0.143. The van der Waals surface area contributed by atoms with Gasteiger partial charge in [-0.2, -0.15) is 0 Å². The highest BCUT2D eigenvalue weighted by atomic mass is 16.2. The van der Waals surface area contributed by atoms with Gasteiger partial charge in [-0.05, 0) is 11.3 Å². The molecule has 0 spiro atoms. The highest BCUT2D eigenvalue weighted by Gasteiger charge is 2.19. The van der Waals surface area contributed by atoms with Crippen molar-refractivity contribution in [2.45, 2.75) is 40.7 Å². The molecular formula is C10H22N2O. The molecule has 0 saturated carbocycles. The smallest absolute Gasteiger partial charge is 0.237 e. The Morgan fingerprint density at radius 1 is 1.38 bits per heavy atom. The van der Waals surface area contributed by atoms with Crippen LogP contribution in [0.5, 0.6) is 0 Å². The average molecular weight is 186 g/mol. The van der Waals surface area contributed by atoms with Gasteiger partial charge in [-0.25, -0.2) is 0 Å². The van der Waals surface area contributed by atoms with Crippen LogP contribution in [0.3, 0.4) is 0 Å². The Balaban J connectivity index is 3.89. The summed E-state index contributed by atoms with van der Waals surface area (Å²) < 4.78 is 0. The number of rotatable bonds is 3. The molecule has 0 aliphatic heterocycles. The van der Waals surface area contributed by atoms with Crippen LogP contribution in [0.15, 0.2) is 0 Å². The third kappa shape index (κ3) is 5.64. The Hall–Kier alpha value is -0.570. The SMILES string of the molecule is CC(C)C(N)C(=O)NCC(C)(C)C. The van der Waals surface area contributed by atoms with E-state index in [2.05, 4.69) is 26.1 Å². The van der Waals surface area contributed by atoms with Crippen molar-refractivity contribution in [3.63, 3.8) is 0 Å². The normalized spacial score (nSPS) is 14.4. The zero-order valence-electron chi connectivity index (χ0n) is 9.35. The molecule has 0 bridgehead atoms. The molecule has 1 amide bonds. The van der Waals surface area contributed by atoms with Gasteiger partial charge in [-0.1, -0.05) is 34.6 Å². The second-order valence-electron chi connectivity index (χ2n) is 5.05. The van der Waals surface area contributed by atoms with E-state index in [0.717, 1.165) is 0 Å². The first-order chi connectivity index (χ1) is 5.74. The molecule has 0 aliphatic rings. The molecule has 0 radical (unpaired) electrons. The molecule has 3 heteroatoms. The zero-order valence-corrected chi connectivity index (χ0v) is 9.35. The first-order valence-electron chi connectivity index (χ1n) is 4.77. The maximum Gasteiger partial charge on any atom is 0.237 e. The number of carbonyl (C=O) groups is 1. The van der Waals surface area contributed by atoms with Crippen molar-refractivity contribution in [1.29, 1.82) is 0 Å². The number of carbonyl (C=O) groups excluding carboxylic acids is 1. The summed E-state index contributed by atoms with van der Waals surface area (Å²) in [5, 5.41) is 2.84. The summed E-state index contributed by atoms with van der Waals surface area (Å²) >= 11 is 0. The van der Waals surface area contributed by atoms with Crippen LogP contribution in [0.25, 0.3) is 0 Å². The minimum atomic E-state index is -0.387. The number of amides is 1. The third-order valence-corrected chi connectivity index (χ3v) is 1.81. The van der Waals surface area contributed by atoms with E-state index in [0.29, 0.717) is 6.54 Å². The molecule has 0 saturated heterocycles. The molecule has 13 heavy (non-hydrogen) atoms. The Kier molecular flexibility index (Phi) is 4.40. The zero-order chi connectivity index (χ0) is 10.6. The standard InChI is InChI=1S/C10H22N2O/c1-7(2)8(11)9(13)12-6-10(3,4)5/h7-8H,6,11H2,1-5H3,(H,12,13). The molecule has 78 valence electrons. The lowest BCUT2D eigenvalue weighted by molar-refractivity contribution is -0.123. The highest BCUT2D eigenvalue weighted by molar-refractivity contribution is 5.81. The molecule has 0 aromatic rings. The largest absolute Gasteiger partial charge is 0.354 e. The molecule has 1 unspecified atom stereocenters. The van der Waals surface area contributed by atoms with E-state index in [-0.39, 0.29) is 23.3 Å². The van der Waals surface area contributed by atoms with Crippen LogP contribution in [0.4, 0.5) is 0 Å². The summed E-state index contributed by atoms with van der Waals surface area (Å²) in [6.45, 7) is 10.8. The van der Waals surface area contributed by atoms with Crippen LogP contribution in [-0.2, 0) is 4.79 Å². The molecule has 0 aliphatic carbocycles. The van der Waals surface area contributed by atoms with Crippen molar-refractivity contribution in [3.8, 4) is 0 Å². The number of hydrogen-bond donors (Lipinski definition) is 2. The first-order valence-corrected chi connectivity index (χ1v) is 4.77. The van der Waals surface area contributed by atoms with Gasteiger partial charge in [-0.15, -0.1) is 0 Å². The van der Waals surface area contributed by atoms with Crippen molar-refractivity contribution in [3.05, 3.63) is 0 Å². The lowest BCUT2D eigenvalue weighted by Crippen LogP contribution is -2.46. The fourth-order valence-electron chi connectivity index (χ4n) is 0.773. The maximum absolute atomic E-state index is 11.4. The molecule has 3 N–H and O–H groups in total. The lowest BCUT2D eigenvalue weighted by Gasteiger charge is -2.21. The predicted molar refractivity (Wildman–Crippen MR) is 55.3 cm³/mol. The summed E-state index contributed by atoms with van der Waals surface area (Å²) in [4.78, 5) is 11.4. The van der Waals surface area contributed by atoms with Crippen LogP contribution in [0.1, 0.15) is 34.6 Å². The summed E-state index contributed by atoms with van der Waals surface area (Å²) in [6.07, 6.45) is 0. The third-order valence-electron chi connectivity index (χ3n) is 1.81. The highest BCUT2D eigenvalue weighted by Crippen LogP contribution is 2.10. The van der Waals surface area contributed by atoms with Gasteiger partial charge in [0, 0.05) is 6.54 Å². The second kappa shape index (κ2) is 4.61. The van der Waals surface area contributed by atoms with Gasteiger partial charge < -0.3 is 11.1 Å². The molecule has 1 atom stereocenters. The number of hydrogen-bond acceptors (Lipinski definition) is 2. The van der Waals surface area contributed by atoms with Crippen LogP contribution in [0, 0.1) is 11.3 Å². The second-order valence-corrected chi connectivity index (χ2v) is 5.05. The molecule has 0 fully saturated rings. The topological polar surface area (TPSA) is 55.1 Å². The minimum absolute atomic E-state index is 0.0510. The maximum atomic E-state index is 11.4. The molecule has 0 aromatic carbocycles. The van der Waals surface area contributed by atoms with Gasteiger partial charge in [0.1, 0.15) is 0 Å². The molecule has 0 heterocycles. The van der Waals surface area contributed by atoms with Crippen molar-refractivity contribution in [2.24, 2.45) is 17.1 Å². The fraction of sp³-hybridized carbons (Fsp3) is 0.900. The van der Waals surface area contributed by atoms with E-state index in [4.69, 9.17) is 5.73 Å². The van der Waals surface area contributed by atoms with Gasteiger partial charge >= 0.3 is 0 Å². The van der Waals surface area contributed by atoms with Gasteiger partial charge in [0.05, 0.1) is 6.04 Å². The summed E-state index contributed by atoms with van der Waals surface area (Å²) in [5.41, 5.74) is 5.79. The Labute approximate surface area is 81.1 Å². The Morgan fingerprint density at radius 3 is 2.15 bits per heavy atom. The van der Waals surface area contributed by atoms with Gasteiger partial charge in [0.15, 0.2) is 0 Å². The fourth-order valence-corrected chi connectivity index (χ4v) is 0.773. The molecular weight excluding hydrogens is 164 g/mol. The Bertz CT molecular complexity index is 170. The van der Waals surface area contributed by atoms with Gasteiger partial charge in [-0.3, -0.25) is 4.79 Å². The van der Waals surface area contributed by atoms with Crippen LogP contribution < -0.4 is 11.1 Å². The minimum Gasteiger partial charge on any atom is -0.354 e. The number of nitrogens with two attached hydrogens (primary N) is 1. The monoisotopic (exact) mass is 186 g/mol. The van der Waals surface area contributed by atoms with Crippen LogP contribution in [-0.4, -0.2) is 18.5 Å². The van der Waals surface area contributed by atoms with Crippen LogP contribution in [0.2, 0.25) is 0 Å². The Morgan fingerprint density at radius 2 is 1.85 bits per heavy atom. The van der Waals surface area contributed by atoms with E-state index >= 15 is 0 Å². The molecule has 0 rings (SSSR count). The van der Waals surface area contributed by atoms with Crippen molar-refractivity contribution < 1.29 is 4.79 Å². The summed E-state index contributed by atoms with van der Waals surface area (Å²) in [6, 6.07) is -0.387. The molecule has 0 aromatic heterocycles. The van der Waals surface area contributed by atoms with Crippen molar-refractivity contribution in [1.82, 2.24) is 5.32 Å². The van der Waals surface area contributed by atoms with E-state index in [1.54, 1.807) is 0 Å². The van der Waals surface area contributed by atoms with Crippen molar-refractivity contribution in [2.75, 3.05) is 6.54 Å². The molecule has 3 nitrogen and oxygen atoms in total. The van der Waals surface area contributed by atoms with E-state index in [1.165, 1.54) is 0 Å². The quantitative estimate of drug-likeness (QED) is 0.694. The van der Waals surface area contributed by atoms with Crippen LogP contribution >= 0.6 is 0 Å². The first kappa shape index (κ1) is 12.4. The predicted octanol–water partition coefficient (Wildman–Crippen LogP) is 1.13. The average Bonchev–Trinajstić information content (AvgIpc) is 1.97. The van der Waals surface area contributed by atoms with Gasteiger partial charge in [0.25, 0.3) is 0 Å². The lowest BCUT2D eigenvalue weighted by atomic mass is 9.96. The number of nitrogens with one attached hydrogen (secondary N) is 1.